The molecule has 1 amide bonds. The Bertz CT molecular complexity index is 532. The number of morpholine rings is 1. The smallest absolute Gasteiger partial charge is 0.224 e. The number of carbonyl (C=O) groups is 1. The third-order valence-corrected chi connectivity index (χ3v) is 4.61. The van der Waals surface area contributed by atoms with Crippen molar-refractivity contribution in [3.63, 3.8) is 0 Å². The van der Waals surface area contributed by atoms with Gasteiger partial charge in [0.1, 0.15) is 0 Å². The fourth-order valence-electron chi connectivity index (χ4n) is 3.14. The lowest BCUT2D eigenvalue weighted by Gasteiger charge is -2.45. The standard InChI is InChI=1S/C19H30N2O2/c1-14-8-6-7-9-17(14)10-18(22)20-13-19(4,5)21-11-15(2)23-16(3)12-21/h6-9,15-16H,10-13H2,1-5H3,(H,20,22)/t15-,16+. The summed E-state index contributed by atoms with van der Waals surface area (Å²) in [6.45, 7) is 13.1. The molecule has 1 N–H and O–H groups in total. The number of amides is 1. The van der Waals surface area contributed by atoms with Gasteiger partial charge in [0.25, 0.3) is 0 Å². The molecule has 1 aliphatic rings. The van der Waals surface area contributed by atoms with E-state index in [0.717, 1.165) is 24.2 Å². The van der Waals surface area contributed by atoms with E-state index in [9.17, 15) is 4.79 Å². The van der Waals surface area contributed by atoms with Crippen LogP contribution in [0.5, 0.6) is 0 Å². The Hall–Kier alpha value is -1.39. The van der Waals surface area contributed by atoms with Crippen molar-refractivity contribution in [2.24, 2.45) is 0 Å². The highest BCUT2D eigenvalue weighted by atomic mass is 16.5. The molecule has 1 aromatic rings. The minimum atomic E-state index is -0.0757. The van der Waals surface area contributed by atoms with Gasteiger partial charge in [-0.05, 0) is 45.7 Å². The molecule has 0 saturated carbocycles. The number of benzene rings is 1. The quantitative estimate of drug-likeness (QED) is 0.907. The van der Waals surface area contributed by atoms with Gasteiger partial charge in [-0.15, -0.1) is 0 Å². The number of carbonyl (C=O) groups excluding carboxylic acids is 1. The fourth-order valence-corrected chi connectivity index (χ4v) is 3.14. The summed E-state index contributed by atoms with van der Waals surface area (Å²) >= 11 is 0. The molecule has 2 atom stereocenters. The lowest BCUT2D eigenvalue weighted by molar-refractivity contribution is -0.122. The van der Waals surface area contributed by atoms with Gasteiger partial charge in [0.05, 0.1) is 18.6 Å². The Morgan fingerprint density at radius 1 is 1.26 bits per heavy atom. The Morgan fingerprint density at radius 3 is 2.48 bits per heavy atom. The summed E-state index contributed by atoms with van der Waals surface area (Å²) in [6.07, 6.45) is 0.917. The SMILES string of the molecule is Cc1ccccc1CC(=O)NCC(C)(C)N1C[C@@H](C)O[C@@H](C)C1. The van der Waals surface area contributed by atoms with E-state index in [1.807, 2.05) is 31.2 Å². The second kappa shape index (κ2) is 7.45. The topological polar surface area (TPSA) is 41.6 Å². The van der Waals surface area contributed by atoms with Gasteiger partial charge in [-0.3, -0.25) is 9.69 Å². The number of ether oxygens (including phenoxy) is 1. The van der Waals surface area contributed by atoms with Gasteiger partial charge < -0.3 is 10.1 Å². The zero-order valence-corrected chi connectivity index (χ0v) is 15.1. The first kappa shape index (κ1) is 18.0. The number of rotatable bonds is 5. The van der Waals surface area contributed by atoms with Crippen molar-refractivity contribution in [2.75, 3.05) is 19.6 Å². The molecule has 128 valence electrons. The van der Waals surface area contributed by atoms with Gasteiger partial charge in [-0.1, -0.05) is 24.3 Å². The molecule has 23 heavy (non-hydrogen) atoms. The average Bonchev–Trinajstić information content (AvgIpc) is 2.47. The van der Waals surface area contributed by atoms with Crippen molar-refractivity contribution in [1.29, 1.82) is 0 Å². The number of nitrogens with one attached hydrogen (secondary N) is 1. The third kappa shape index (κ3) is 5.05. The molecular weight excluding hydrogens is 288 g/mol. The summed E-state index contributed by atoms with van der Waals surface area (Å²) in [5, 5.41) is 3.10. The van der Waals surface area contributed by atoms with Crippen molar-refractivity contribution < 1.29 is 9.53 Å². The van der Waals surface area contributed by atoms with Crippen LogP contribution in [-0.4, -0.2) is 48.2 Å². The molecular formula is C19H30N2O2. The lowest BCUT2D eigenvalue weighted by Crippen LogP contribution is -2.58. The van der Waals surface area contributed by atoms with Crippen LogP contribution in [0, 0.1) is 6.92 Å². The molecule has 0 aliphatic carbocycles. The molecule has 1 saturated heterocycles. The second-order valence-corrected chi connectivity index (χ2v) is 7.35. The van der Waals surface area contributed by atoms with Crippen molar-refractivity contribution in [3.8, 4) is 0 Å². The molecule has 4 heteroatoms. The molecule has 2 rings (SSSR count). The first-order chi connectivity index (χ1) is 10.8. The maximum Gasteiger partial charge on any atom is 0.224 e. The van der Waals surface area contributed by atoms with Gasteiger partial charge in [0.2, 0.25) is 5.91 Å². The van der Waals surface area contributed by atoms with E-state index in [0.29, 0.717) is 13.0 Å². The molecule has 1 heterocycles. The summed E-state index contributed by atoms with van der Waals surface area (Å²) in [5.41, 5.74) is 2.18. The van der Waals surface area contributed by atoms with E-state index in [1.54, 1.807) is 0 Å². The van der Waals surface area contributed by atoms with Crippen LogP contribution in [0.15, 0.2) is 24.3 Å². The molecule has 4 nitrogen and oxygen atoms in total. The third-order valence-electron chi connectivity index (χ3n) is 4.61. The molecule has 0 unspecified atom stereocenters. The van der Waals surface area contributed by atoms with Crippen molar-refractivity contribution in [2.45, 2.75) is 58.8 Å². The Morgan fingerprint density at radius 2 is 1.87 bits per heavy atom. The van der Waals surface area contributed by atoms with Gasteiger partial charge in [-0.2, -0.15) is 0 Å². The molecule has 1 aromatic carbocycles. The molecule has 0 aromatic heterocycles. The van der Waals surface area contributed by atoms with E-state index in [2.05, 4.69) is 37.9 Å². The van der Waals surface area contributed by atoms with Crippen LogP contribution >= 0.6 is 0 Å². The van der Waals surface area contributed by atoms with Crippen molar-refractivity contribution >= 4 is 5.91 Å². The Kier molecular flexibility index (Phi) is 5.82. The average molecular weight is 318 g/mol. The van der Waals surface area contributed by atoms with E-state index in [1.165, 1.54) is 0 Å². The fraction of sp³-hybridized carbons (Fsp3) is 0.632. The summed E-state index contributed by atoms with van der Waals surface area (Å²) in [4.78, 5) is 14.7. The molecule has 0 spiro atoms. The van der Waals surface area contributed by atoms with Crippen LogP contribution in [-0.2, 0) is 16.0 Å². The van der Waals surface area contributed by atoms with E-state index in [-0.39, 0.29) is 23.7 Å². The zero-order chi connectivity index (χ0) is 17.0. The van der Waals surface area contributed by atoms with Crippen LogP contribution in [0.1, 0.15) is 38.8 Å². The minimum Gasteiger partial charge on any atom is -0.373 e. The normalized spacial score (nSPS) is 22.8. The van der Waals surface area contributed by atoms with E-state index in [4.69, 9.17) is 4.74 Å². The van der Waals surface area contributed by atoms with Crippen LogP contribution < -0.4 is 5.32 Å². The number of hydrogen-bond donors (Lipinski definition) is 1. The highest BCUT2D eigenvalue weighted by Gasteiger charge is 2.33. The Balaban J connectivity index is 1.88. The highest BCUT2D eigenvalue weighted by molar-refractivity contribution is 5.79. The van der Waals surface area contributed by atoms with Crippen LogP contribution in [0.25, 0.3) is 0 Å². The lowest BCUT2D eigenvalue weighted by atomic mass is 9.99. The second-order valence-electron chi connectivity index (χ2n) is 7.35. The molecule has 1 fully saturated rings. The Labute approximate surface area is 140 Å². The zero-order valence-electron chi connectivity index (χ0n) is 15.1. The number of hydrogen-bond acceptors (Lipinski definition) is 3. The van der Waals surface area contributed by atoms with Crippen LogP contribution in [0.3, 0.4) is 0 Å². The molecule has 1 aliphatic heterocycles. The maximum absolute atomic E-state index is 12.3. The maximum atomic E-state index is 12.3. The highest BCUT2D eigenvalue weighted by Crippen LogP contribution is 2.20. The van der Waals surface area contributed by atoms with Crippen molar-refractivity contribution in [1.82, 2.24) is 10.2 Å². The molecule has 0 radical (unpaired) electrons. The van der Waals surface area contributed by atoms with Crippen LogP contribution in [0.4, 0.5) is 0 Å². The van der Waals surface area contributed by atoms with Crippen LogP contribution in [0.2, 0.25) is 0 Å². The largest absolute Gasteiger partial charge is 0.373 e. The monoisotopic (exact) mass is 318 g/mol. The minimum absolute atomic E-state index is 0.0757. The first-order valence-electron chi connectivity index (χ1n) is 8.49. The number of nitrogens with zero attached hydrogens (tertiary/aromatic N) is 1. The van der Waals surface area contributed by atoms with Gasteiger partial charge in [-0.25, -0.2) is 0 Å². The summed E-state index contributed by atoms with van der Waals surface area (Å²) < 4.78 is 5.80. The van der Waals surface area contributed by atoms with E-state index < -0.39 is 0 Å². The summed E-state index contributed by atoms with van der Waals surface area (Å²) in [7, 11) is 0. The number of aryl methyl sites for hydroxylation is 1. The first-order valence-corrected chi connectivity index (χ1v) is 8.49. The van der Waals surface area contributed by atoms with Crippen molar-refractivity contribution in [3.05, 3.63) is 35.4 Å². The summed E-state index contributed by atoms with van der Waals surface area (Å²) in [5.74, 6) is 0.0849. The molecule has 0 bridgehead atoms. The predicted molar refractivity (Wildman–Crippen MR) is 93.6 cm³/mol. The predicted octanol–water partition coefficient (Wildman–Crippen LogP) is 2.54. The van der Waals surface area contributed by atoms with Gasteiger partial charge >= 0.3 is 0 Å². The summed E-state index contributed by atoms with van der Waals surface area (Å²) in [6, 6.07) is 8.05. The van der Waals surface area contributed by atoms with Gasteiger partial charge in [0.15, 0.2) is 0 Å². The van der Waals surface area contributed by atoms with E-state index >= 15 is 0 Å². The van der Waals surface area contributed by atoms with Gasteiger partial charge in [0, 0.05) is 25.2 Å².